The second-order valence-corrected chi connectivity index (χ2v) is 12.6. The molecule has 0 saturated carbocycles. The Morgan fingerprint density at radius 1 is 1.21 bits per heavy atom. The Balaban J connectivity index is 1.55. The summed E-state index contributed by atoms with van der Waals surface area (Å²) in [4.78, 5) is 27.2. The van der Waals surface area contributed by atoms with Crippen LogP contribution in [-0.2, 0) is 26.0 Å². The first kappa shape index (κ1) is 31.5. The van der Waals surface area contributed by atoms with Gasteiger partial charge >= 0.3 is 0 Å². The molecule has 2 aromatic rings. The molecule has 0 aromatic heterocycles. The van der Waals surface area contributed by atoms with Crippen LogP contribution in [0.25, 0.3) is 0 Å². The lowest BCUT2D eigenvalue weighted by Crippen LogP contribution is -2.62. The molecule has 0 spiro atoms. The summed E-state index contributed by atoms with van der Waals surface area (Å²) in [6.45, 7) is 2.84. The van der Waals surface area contributed by atoms with E-state index in [1.807, 2.05) is 13.0 Å². The first-order valence-electron chi connectivity index (χ1n) is 14.0. The van der Waals surface area contributed by atoms with Crippen LogP contribution in [0, 0.1) is 28.9 Å². The van der Waals surface area contributed by atoms with Gasteiger partial charge in [0.25, 0.3) is 0 Å². The molecular formula is C29H35F2N5O5S. The molecule has 2 aliphatic rings. The fraction of sp³-hybridized carbons (Fsp3) is 0.483. The maximum absolute atomic E-state index is 14.0. The average Bonchev–Trinajstić information content (AvgIpc) is 3.35. The number of nitriles is 1. The van der Waals surface area contributed by atoms with Crippen LogP contribution in [0.4, 0.5) is 8.78 Å². The Hall–Kier alpha value is -3.44. The Morgan fingerprint density at radius 3 is 2.62 bits per heavy atom. The SMILES string of the molecule is CCCCN1CC(C(=O)NC(Cc2cc(F)cc(F)c2)[C@H](O)[C@H]2CN(S(=O)(=O)c3ccccc3C#N)CCN2)CC1=O. The largest absolute Gasteiger partial charge is 0.389 e. The minimum Gasteiger partial charge on any atom is -0.389 e. The maximum atomic E-state index is 14.0. The molecule has 3 N–H and O–H groups in total. The van der Waals surface area contributed by atoms with Crippen molar-refractivity contribution in [1.82, 2.24) is 19.8 Å². The van der Waals surface area contributed by atoms with E-state index < -0.39 is 51.7 Å². The molecule has 2 heterocycles. The van der Waals surface area contributed by atoms with Crippen LogP contribution in [0.2, 0.25) is 0 Å². The second kappa shape index (κ2) is 13.7. The van der Waals surface area contributed by atoms with Gasteiger partial charge in [-0.05, 0) is 42.7 Å². The van der Waals surface area contributed by atoms with Crippen molar-refractivity contribution in [3.8, 4) is 6.07 Å². The fourth-order valence-electron chi connectivity index (χ4n) is 5.45. The minimum atomic E-state index is -4.09. The van der Waals surface area contributed by atoms with Crippen molar-refractivity contribution >= 4 is 21.8 Å². The summed E-state index contributed by atoms with van der Waals surface area (Å²) in [6.07, 6.45) is 0.182. The lowest BCUT2D eigenvalue weighted by Gasteiger charge is -2.38. The number of carbonyl (C=O) groups excluding carboxylic acids is 2. The highest BCUT2D eigenvalue weighted by atomic mass is 32.2. The van der Waals surface area contributed by atoms with Gasteiger partial charge in [0, 0.05) is 51.3 Å². The first-order valence-corrected chi connectivity index (χ1v) is 15.4. The number of sulfonamides is 1. The number of halogens is 2. The van der Waals surface area contributed by atoms with Gasteiger partial charge in [0.1, 0.15) is 17.7 Å². The smallest absolute Gasteiger partial charge is 0.244 e. The molecule has 10 nitrogen and oxygen atoms in total. The number of aliphatic hydroxyl groups excluding tert-OH is 1. The molecule has 42 heavy (non-hydrogen) atoms. The number of hydrogen-bond acceptors (Lipinski definition) is 7. The second-order valence-electron chi connectivity index (χ2n) is 10.7. The summed E-state index contributed by atoms with van der Waals surface area (Å²) in [5.74, 6) is -2.91. The number of carbonyl (C=O) groups is 2. The highest BCUT2D eigenvalue weighted by Gasteiger charge is 2.39. The zero-order chi connectivity index (χ0) is 30.4. The van der Waals surface area contributed by atoms with Crippen molar-refractivity contribution in [2.45, 2.75) is 55.7 Å². The van der Waals surface area contributed by atoms with Gasteiger partial charge < -0.3 is 20.6 Å². The highest BCUT2D eigenvalue weighted by Crippen LogP contribution is 2.24. The van der Waals surface area contributed by atoms with E-state index in [-0.39, 0.29) is 61.0 Å². The molecule has 4 rings (SSSR count). The number of hydrogen-bond donors (Lipinski definition) is 3. The number of piperazine rings is 1. The third kappa shape index (κ3) is 7.30. The van der Waals surface area contributed by atoms with Crippen LogP contribution in [0.1, 0.15) is 37.3 Å². The Labute approximate surface area is 244 Å². The highest BCUT2D eigenvalue weighted by molar-refractivity contribution is 7.89. The summed E-state index contributed by atoms with van der Waals surface area (Å²) in [5, 5.41) is 26.8. The van der Waals surface area contributed by atoms with Gasteiger partial charge in [0.05, 0.1) is 28.5 Å². The number of unbranched alkanes of at least 4 members (excludes halogenated alkanes) is 1. The lowest BCUT2D eigenvalue weighted by molar-refractivity contribution is -0.129. The number of nitrogens with one attached hydrogen (secondary N) is 2. The van der Waals surface area contributed by atoms with E-state index in [9.17, 15) is 37.2 Å². The van der Waals surface area contributed by atoms with Crippen molar-refractivity contribution in [1.29, 1.82) is 5.26 Å². The molecule has 0 aliphatic carbocycles. The summed E-state index contributed by atoms with van der Waals surface area (Å²) in [7, 11) is -4.09. The molecule has 0 bridgehead atoms. The van der Waals surface area contributed by atoms with Gasteiger partial charge in [0.2, 0.25) is 21.8 Å². The average molecular weight is 604 g/mol. The third-order valence-electron chi connectivity index (χ3n) is 7.69. The van der Waals surface area contributed by atoms with E-state index in [0.717, 1.165) is 29.3 Å². The molecule has 2 aromatic carbocycles. The molecule has 2 aliphatic heterocycles. The number of rotatable bonds is 11. The lowest BCUT2D eigenvalue weighted by atomic mass is 9.94. The van der Waals surface area contributed by atoms with Gasteiger partial charge in [0.15, 0.2) is 0 Å². The first-order chi connectivity index (χ1) is 20.0. The van der Waals surface area contributed by atoms with E-state index in [4.69, 9.17) is 0 Å². The topological polar surface area (TPSA) is 143 Å². The molecule has 226 valence electrons. The van der Waals surface area contributed by atoms with Gasteiger partial charge in [-0.1, -0.05) is 25.5 Å². The van der Waals surface area contributed by atoms with Crippen molar-refractivity contribution in [3.05, 3.63) is 65.2 Å². The fourth-order valence-corrected chi connectivity index (χ4v) is 7.06. The molecule has 2 unspecified atom stereocenters. The van der Waals surface area contributed by atoms with E-state index in [0.29, 0.717) is 12.6 Å². The summed E-state index contributed by atoms with van der Waals surface area (Å²) in [6, 6.07) is 8.70. The van der Waals surface area contributed by atoms with E-state index in [2.05, 4.69) is 10.6 Å². The predicted octanol–water partition coefficient (Wildman–Crippen LogP) is 1.54. The van der Waals surface area contributed by atoms with Crippen LogP contribution in [-0.4, -0.2) is 85.5 Å². The van der Waals surface area contributed by atoms with Crippen molar-refractivity contribution in [2.24, 2.45) is 5.92 Å². The molecule has 4 atom stereocenters. The molecule has 2 saturated heterocycles. The van der Waals surface area contributed by atoms with Crippen LogP contribution >= 0.6 is 0 Å². The summed E-state index contributed by atoms with van der Waals surface area (Å²) >= 11 is 0. The number of benzene rings is 2. The van der Waals surface area contributed by atoms with Crippen LogP contribution in [0.5, 0.6) is 0 Å². The Kier molecular flexibility index (Phi) is 10.3. The van der Waals surface area contributed by atoms with E-state index >= 15 is 0 Å². The molecule has 13 heteroatoms. The minimum absolute atomic E-state index is 0.00880. The quantitative estimate of drug-likeness (QED) is 0.354. The summed E-state index contributed by atoms with van der Waals surface area (Å²) < 4.78 is 56.0. The Bertz CT molecular complexity index is 1430. The third-order valence-corrected chi connectivity index (χ3v) is 9.61. The Morgan fingerprint density at radius 2 is 1.93 bits per heavy atom. The molecular weight excluding hydrogens is 568 g/mol. The number of amides is 2. The van der Waals surface area contributed by atoms with Crippen LogP contribution in [0.3, 0.4) is 0 Å². The number of aliphatic hydroxyl groups is 1. The van der Waals surface area contributed by atoms with Crippen molar-refractivity contribution < 1.29 is 31.9 Å². The number of likely N-dealkylation sites (tertiary alicyclic amines) is 1. The molecule has 2 amide bonds. The standard InChI is InChI=1S/C29H35F2N5O5S/c1-2-3-9-35-17-21(14-27(35)37)29(39)34-24(13-19-11-22(30)15-23(31)12-19)28(38)25-18-36(10-8-33-25)42(40,41)26-7-5-4-6-20(26)16-32/h4-7,11-12,15,21,24-25,28,33,38H,2-3,8-10,13-14,17-18H2,1H3,(H,34,39)/t21?,24?,25-,28+/m1/s1. The van der Waals surface area contributed by atoms with Crippen LogP contribution in [0.15, 0.2) is 47.4 Å². The predicted molar refractivity (Wildman–Crippen MR) is 149 cm³/mol. The van der Waals surface area contributed by atoms with Gasteiger partial charge in [-0.15, -0.1) is 0 Å². The van der Waals surface area contributed by atoms with Gasteiger partial charge in [-0.3, -0.25) is 9.59 Å². The van der Waals surface area contributed by atoms with Gasteiger partial charge in [-0.2, -0.15) is 9.57 Å². The van der Waals surface area contributed by atoms with Gasteiger partial charge in [-0.25, -0.2) is 17.2 Å². The molecule has 0 radical (unpaired) electrons. The van der Waals surface area contributed by atoms with E-state index in [1.54, 1.807) is 11.0 Å². The zero-order valence-electron chi connectivity index (χ0n) is 23.3. The van der Waals surface area contributed by atoms with E-state index in [1.165, 1.54) is 18.2 Å². The zero-order valence-corrected chi connectivity index (χ0v) is 24.1. The maximum Gasteiger partial charge on any atom is 0.244 e. The molecule has 2 fully saturated rings. The van der Waals surface area contributed by atoms with Crippen molar-refractivity contribution in [3.63, 3.8) is 0 Å². The van der Waals surface area contributed by atoms with Crippen molar-refractivity contribution in [2.75, 3.05) is 32.7 Å². The monoisotopic (exact) mass is 603 g/mol. The number of nitrogens with zero attached hydrogens (tertiary/aromatic N) is 3. The normalized spacial score (nSPS) is 21.1. The van der Waals surface area contributed by atoms with Crippen LogP contribution < -0.4 is 10.6 Å². The summed E-state index contributed by atoms with van der Waals surface area (Å²) in [5.41, 5.74) is 0.178.